The highest BCUT2D eigenvalue weighted by Gasteiger charge is 2.06. The largest absolute Gasteiger partial charge is 0.490 e. The van der Waals surface area contributed by atoms with Gasteiger partial charge in [-0.1, -0.05) is 42.2 Å². The second-order valence-electron chi connectivity index (χ2n) is 3.96. The maximum absolute atomic E-state index is 8.87. The van der Waals surface area contributed by atoms with Gasteiger partial charge in [-0.2, -0.15) is 0 Å². The number of aliphatic hydroxyl groups is 1. The molecule has 0 aliphatic heterocycles. The van der Waals surface area contributed by atoms with E-state index < -0.39 is 0 Å². The third kappa shape index (κ3) is 3.25. The fraction of sp³-hybridized carbons (Fsp3) is 0.250. The van der Waals surface area contributed by atoms with Crippen molar-refractivity contribution < 1.29 is 14.6 Å². The molecule has 2 rings (SSSR count). The molecule has 0 amide bonds. The first-order valence-corrected chi connectivity index (χ1v) is 6.10. The lowest BCUT2D eigenvalue weighted by Crippen LogP contribution is -2.05. The van der Waals surface area contributed by atoms with Crippen LogP contribution in [0.5, 0.6) is 5.75 Å². The van der Waals surface area contributed by atoms with Crippen LogP contribution in [-0.2, 0) is 4.74 Å². The van der Waals surface area contributed by atoms with Gasteiger partial charge in [0.1, 0.15) is 19.0 Å². The van der Waals surface area contributed by atoms with Crippen LogP contribution in [0.3, 0.4) is 0 Å². The smallest absolute Gasteiger partial charge is 0.135 e. The van der Waals surface area contributed by atoms with Crippen LogP contribution < -0.4 is 4.74 Å². The summed E-state index contributed by atoms with van der Waals surface area (Å²) in [5.41, 5.74) is 0.809. The van der Waals surface area contributed by atoms with Gasteiger partial charge >= 0.3 is 0 Å². The Bertz CT molecular complexity index is 608. The van der Waals surface area contributed by atoms with Crippen molar-refractivity contribution in [2.24, 2.45) is 0 Å². The maximum Gasteiger partial charge on any atom is 0.135 e. The highest BCUT2D eigenvalue weighted by Crippen LogP contribution is 2.27. The number of methoxy groups -OCH3 is 1. The van der Waals surface area contributed by atoms with Crippen molar-refractivity contribution in [1.29, 1.82) is 0 Å². The fourth-order valence-electron chi connectivity index (χ4n) is 1.86. The van der Waals surface area contributed by atoms with E-state index in [-0.39, 0.29) is 6.61 Å². The molecule has 0 aliphatic rings. The van der Waals surface area contributed by atoms with Crippen LogP contribution in [-0.4, -0.2) is 32.0 Å². The Morgan fingerprint density at radius 3 is 2.74 bits per heavy atom. The van der Waals surface area contributed by atoms with E-state index >= 15 is 0 Å². The molecule has 0 atom stereocenters. The lowest BCUT2D eigenvalue weighted by Gasteiger charge is -2.10. The van der Waals surface area contributed by atoms with Gasteiger partial charge in [-0.3, -0.25) is 0 Å². The van der Waals surface area contributed by atoms with E-state index in [0.29, 0.717) is 13.2 Å². The average Bonchev–Trinajstić information content (AvgIpc) is 2.46. The minimum absolute atomic E-state index is 0.166. The van der Waals surface area contributed by atoms with Crippen LogP contribution in [0.2, 0.25) is 0 Å². The second-order valence-corrected chi connectivity index (χ2v) is 3.96. The predicted molar refractivity (Wildman–Crippen MR) is 75.3 cm³/mol. The third-order valence-corrected chi connectivity index (χ3v) is 2.73. The van der Waals surface area contributed by atoms with E-state index in [1.165, 1.54) is 0 Å². The minimum Gasteiger partial charge on any atom is -0.490 e. The van der Waals surface area contributed by atoms with E-state index in [1.807, 2.05) is 36.4 Å². The summed E-state index contributed by atoms with van der Waals surface area (Å²) in [6.45, 7) is 0.836. The number of ether oxygens (including phenoxy) is 2. The van der Waals surface area contributed by atoms with Crippen molar-refractivity contribution in [3.05, 3.63) is 42.0 Å². The Hall–Kier alpha value is -2.02. The van der Waals surface area contributed by atoms with Gasteiger partial charge in [-0.05, 0) is 11.5 Å². The summed E-state index contributed by atoms with van der Waals surface area (Å²) >= 11 is 0. The molecule has 1 N–H and O–H groups in total. The molecule has 0 aromatic heterocycles. The first kappa shape index (κ1) is 13.4. The predicted octanol–water partition coefficient (Wildman–Crippen LogP) is 2.21. The normalized spacial score (nSPS) is 10.0. The molecular formula is C16H16O3. The lowest BCUT2D eigenvalue weighted by molar-refractivity contribution is 0.146. The van der Waals surface area contributed by atoms with Gasteiger partial charge in [0, 0.05) is 12.5 Å². The zero-order valence-corrected chi connectivity index (χ0v) is 10.8. The Morgan fingerprint density at radius 1 is 1.11 bits per heavy atom. The molecule has 98 valence electrons. The van der Waals surface area contributed by atoms with Gasteiger partial charge in [0.2, 0.25) is 0 Å². The molecule has 2 aromatic rings. The van der Waals surface area contributed by atoms with Gasteiger partial charge in [-0.25, -0.2) is 0 Å². The van der Waals surface area contributed by atoms with Crippen LogP contribution >= 0.6 is 0 Å². The molecule has 0 unspecified atom stereocenters. The first-order valence-electron chi connectivity index (χ1n) is 6.10. The zero-order valence-electron chi connectivity index (χ0n) is 10.8. The van der Waals surface area contributed by atoms with Gasteiger partial charge in [0.05, 0.1) is 12.2 Å². The summed E-state index contributed by atoms with van der Waals surface area (Å²) in [6.07, 6.45) is 0. The number of fused-ring (bicyclic) bond motifs is 1. The summed E-state index contributed by atoms with van der Waals surface area (Å²) < 4.78 is 10.6. The quantitative estimate of drug-likeness (QED) is 0.673. The maximum atomic E-state index is 8.87. The standard InChI is InChI=1S/C16H16O3/c1-18-11-12-19-16-9-8-13-5-2-3-6-14(13)15(16)7-4-10-17/h2-3,5-6,8-9,17H,10-12H2,1H3. The number of hydrogen-bond acceptors (Lipinski definition) is 3. The highest BCUT2D eigenvalue weighted by molar-refractivity contribution is 5.90. The summed E-state index contributed by atoms with van der Waals surface area (Å²) in [4.78, 5) is 0. The van der Waals surface area contributed by atoms with Gasteiger partial charge in [0.25, 0.3) is 0 Å². The van der Waals surface area contributed by atoms with Gasteiger partial charge < -0.3 is 14.6 Å². The number of aliphatic hydroxyl groups excluding tert-OH is 1. The topological polar surface area (TPSA) is 38.7 Å². The van der Waals surface area contributed by atoms with E-state index in [4.69, 9.17) is 14.6 Å². The van der Waals surface area contributed by atoms with Crippen molar-refractivity contribution in [1.82, 2.24) is 0 Å². The second kappa shape index (κ2) is 6.79. The van der Waals surface area contributed by atoms with Gasteiger partial charge in [0.15, 0.2) is 0 Å². The van der Waals surface area contributed by atoms with Crippen LogP contribution in [0.4, 0.5) is 0 Å². The molecule has 2 aromatic carbocycles. The van der Waals surface area contributed by atoms with Crippen molar-refractivity contribution in [2.45, 2.75) is 0 Å². The van der Waals surface area contributed by atoms with Crippen LogP contribution in [0, 0.1) is 11.8 Å². The highest BCUT2D eigenvalue weighted by atomic mass is 16.5. The Balaban J connectivity index is 2.44. The van der Waals surface area contributed by atoms with E-state index in [2.05, 4.69) is 11.8 Å². The molecular weight excluding hydrogens is 240 g/mol. The van der Waals surface area contributed by atoms with Crippen molar-refractivity contribution in [2.75, 3.05) is 26.9 Å². The molecule has 0 spiro atoms. The van der Waals surface area contributed by atoms with Crippen molar-refractivity contribution >= 4 is 10.8 Å². The molecule has 19 heavy (non-hydrogen) atoms. The summed E-state index contributed by atoms with van der Waals surface area (Å²) in [7, 11) is 1.64. The molecule has 0 radical (unpaired) electrons. The monoisotopic (exact) mass is 256 g/mol. The summed E-state index contributed by atoms with van der Waals surface area (Å²) in [6, 6.07) is 11.9. The number of benzene rings is 2. The average molecular weight is 256 g/mol. The Labute approximate surface area is 112 Å². The molecule has 0 fully saturated rings. The Kier molecular flexibility index (Phi) is 4.79. The molecule has 0 bridgehead atoms. The first-order chi connectivity index (χ1) is 9.36. The lowest BCUT2D eigenvalue weighted by atomic mass is 10.0. The molecule has 0 heterocycles. The van der Waals surface area contributed by atoms with Crippen LogP contribution in [0.25, 0.3) is 10.8 Å². The summed E-state index contributed by atoms with van der Waals surface area (Å²) in [5.74, 6) is 6.37. The molecule has 0 saturated heterocycles. The van der Waals surface area contributed by atoms with E-state index in [9.17, 15) is 0 Å². The molecule has 3 nitrogen and oxygen atoms in total. The van der Waals surface area contributed by atoms with Gasteiger partial charge in [-0.15, -0.1) is 0 Å². The number of hydrogen-bond donors (Lipinski definition) is 1. The molecule has 0 aliphatic carbocycles. The summed E-state index contributed by atoms with van der Waals surface area (Å²) in [5, 5.41) is 11.0. The minimum atomic E-state index is -0.166. The van der Waals surface area contributed by atoms with Crippen LogP contribution in [0.15, 0.2) is 36.4 Å². The van der Waals surface area contributed by atoms with Crippen LogP contribution in [0.1, 0.15) is 5.56 Å². The van der Waals surface area contributed by atoms with Crippen molar-refractivity contribution in [3.63, 3.8) is 0 Å². The third-order valence-electron chi connectivity index (χ3n) is 2.73. The van der Waals surface area contributed by atoms with E-state index in [0.717, 1.165) is 22.1 Å². The van der Waals surface area contributed by atoms with E-state index in [1.54, 1.807) is 7.11 Å². The zero-order chi connectivity index (χ0) is 13.5. The van der Waals surface area contributed by atoms with Crippen molar-refractivity contribution in [3.8, 4) is 17.6 Å². The SMILES string of the molecule is COCCOc1ccc2ccccc2c1C#CCO. The Morgan fingerprint density at radius 2 is 1.95 bits per heavy atom. The fourth-order valence-corrected chi connectivity index (χ4v) is 1.86. The molecule has 3 heteroatoms. The number of rotatable bonds is 4. The molecule has 0 saturated carbocycles.